The van der Waals surface area contributed by atoms with Crippen molar-refractivity contribution in [1.82, 2.24) is 15.0 Å². The van der Waals surface area contributed by atoms with Gasteiger partial charge in [-0.1, -0.05) is 35.5 Å². The molecule has 1 fully saturated rings. The lowest BCUT2D eigenvalue weighted by molar-refractivity contribution is -0.133. The smallest absolute Gasteiger partial charge is 0.231 e. The molecule has 1 aliphatic rings. The Labute approximate surface area is 159 Å². The summed E-state index contributed by atoms with van der Waals surface area (Å²) in [5.74, 6) is 1.51. The highest BCUT2D eigenvalue weighted by Crippen LogP contribution is 2.26. The van der Waals surface area contributed by atoms with Gasteiger partial charge >= 0.3 is 0 Å². The van der Waals surface area contributed by atoms with Gasteiger partial charge < -0.3 is 18.9 Å². The Bertz CT molecular complexity index is 704. The number of carbonyl (C=O) groups excluding carboxylic acids is 1. The van der Waals surface area contributed by atoms with Gasteiger partial charge in [-0.3, -0.25) is 4.79 Å². The van der Waals surface area contributed by atoms with Crippen LogP contribution in [-0.4, -0.2) is 54.4 Å². The third-order valence-corrected chi connectivity index (χ3v) is 4.71. The van der Waals surface area contributed by atoms with E-state index in [1.165, 1.54) is 0 Å². The maximum atomic E-state index is 12.2. The lowest BCUT2D eigenvalue weighted by Crippen LogP contribution is -2.39. The number of ether oxygens (including phenoxy) is 2. The standard InChI is InChI=1S/C20H27N3O4/c1-25-12-10-19(24)23-11-5-8-17(14-23)20-21-18(22-27-20)9-13-26-15-16-6-3-2-4-7-16/h2-4,6-7,17H,5,8-15H2,1H3. The molecule has 7 heteroatoms. The second kappa shape index (κ2) is 10.2. The summed E-state index contributed by atoms with van der Waals surface area (Å²) in [5.41, 5.74) is 1.15. The summed E-state index contributed by atoms with van der Waals surface area (Å²) in [7, 11) is 1.61. The maximum Gasteiger partial charge on any atom is 0.231 e. The van der Waals surface area contributed by atoms with Gasteiger partial charge in [0.1, 0.15) is 0 Å². The van der Waals surface area contributed by atoms with E-state index in [9.17, 15) is 4.79 Å². The molecular formula is C20H27N3O4. The predicted octanol–water partition coefficient (Wildman–Crippen LogP) is 2.57. The van der Waals surface area contributed by atoms with Gasteiger partial charge in [-0.2, -0.15) is 4.98 Å². The highest BCUT2D eigenvalue weighted by Gasteiger charge is 2.28. The molecule has 1 atom stereocenters. The molecule has 7 nitrogen and oxygen atoms in total. The first-order chi connectivity index (χ1) is 13.3. The van der Waals surface area contributed by atoms with Gasteiger partial charge in [0.25, 0.3) is 0 Å². The highest BCUT2D eigenvalue weighted by atomic mass is 16.5. The van der Waals surface area contributed by atoms with E-state index >= 15 is 0 Å². The summed E-state index contributed by atoms with van der Waals surface area (Å²) >= 11 is 0. The number of likely N-dealkylation sites (tertiary alicyclic amines) is 1. The summed E-state index contributed by atoms with van der Waals surface area (Å²) < 4.78 is 16.1. The number of aromatic nitrogens is 2. The molecule has 0 aliphatic carbocycles. The van der Waals surface area contributed by atoms with E-state index in [-0.39, 0.29) is 11.8 Å². The van der Waals surface area contributed by atoms with Gasteiger partial charge in [0.2, 0.25) is 11.8 Å². The Hall–Kier alpha value is -2.25. The Balaban J connectivity index is 1.44. The number of benzene rings is 1. The summed E-state index contributed by atoms with van der Waals surface area (Å²) in [6.45, 7) is 2.99. The van der Waals surface area contributed by atoms with Crippen molar-refractivity contribution in [2.45, 2.75) is 38.2 Å². The van der Waals surface area contributed by atoms with Crippen LogP contribution in [0.25, 0.3) is 0 Å². The summed E-state index contributed by atoms with van der Waals surface area (Å²) in [5, 5.41) is 4.07. The van der Waals surface area contributed by atoms with Crippen molar-refractivity contribution in [2.75, 3.05) is 33.4 Å². The minimum atomic E-state index is 0.108. The first kappa shape index (κ1) is 19.5. The fourth-order valence-corrected chi connectivity index (χ4v) is 3.22. The quantitative estimate of drug-likeness (QED) is 0.629. The van der Waals surface area contributed by atoms with Crippen LogP contribution in [0, 0.1) is 0 Å². The van der Waals surface area contributed by atoms with Gasteiger partial charge in [0.15, 0.2) is 5.82 Å². The molecule has 0 radical (unpaired) electrons. The van der Waals surface area contributed by atoms with Crippen molar-refractivity contribution < 1.29 is 18.8 Å². The molecule has 2 aromatic rings. The molecule has 0 saturated carbocycles. The minimum Gasteiger partial charge on any atom is -0.384 e. The Morgan fingerprint density at radius 3 is 2.96 bits per heavy atom. The first-order valence-electron chi connectivity index (χ1n) is 9.47. The normalized spacial score (nSPS) is 17.2. The van der Waals surface area contributed by atoms with Crippen LogP contribution in [0.3, 0.4) is 0 Å². The zero-order valence-electron chi connectivity index (χ0n) is 15.8. The molecule has 0 N–H and O–H groups in total. The Morgan fingerprint density at radius 2 is 2.15 bits per heavy atom. The first-order valence-corrected chi connectivity index (χ1v) is 9.47. The number of nitrogens with zero attached hydrogens (tertiary/aromatic N) is 3. The topological polar surface area (TPSA) is 77.7 Å². The van der Waals surface area contributed by atoms with Crippen LogP contribution in [-0.2, 0) is 27.3 Å². The van der Waals surface area contributed by atoms with Crippen LogP contribution in [0.4, 0.5) is 0 Å². The van der Waals surface area contributed by atoms with Crippen LogP contribution in [0.2, 0.25) is 0 Å². The lowest BCUT2D eigenvalue weighted by Gasteiger charge is -2.31. The van der Waals surface area contributed by atoms with Crippen molar-refractivity contribution in [3.63, 3.8) is 0 Å². The Morgan fingerprint density at radius 1 is 1.30 bits per heavy atom. The minimum absolute atomic E-state index is 0.108. The van der Waals surface area contributed by atoms with Gasteiger partial charge in [0, 0.05) is 26.6 Å². The molecule has 1 saturated heterocycles. The monoisotopic (exact) mass is 373 g/mol. The largest absolute Gasteiger partial charge is 0.384 e. The number of hydrogen-bond acceptors (Lipinski definition) is 6. The second-order valence-electron chi connectivity index (χ2n) is 6.76. The third kappa shape index (κ3) is 5.87. The summed E-state index contributed by atoms with van der Waals surface area (Å²) in [6, 6.07) is 10.1. The zero-order valence-corrected chi connectivity index (χ0v) is 15.8. The number of rotatable bonds is 9. The molecule has 1 aromatic carbocycles. The van der Waals surface area contributed by atoms with Gasteiger partial charge in [-0.25, -0.2) is 0 Å². The van der Waals surface area contributed by atoms with Crippen LogP contribution < -0.4 is 0 Å². The van der Waals surface area contributed by atoms with Crippen LogP contribution in [0.5, 0.6) is 0 Å². The van der Waals surface area contributed by atoms with Gasteiger partial charge in [0.05, 0.1) is 32.2 Å². The molecule has 0 spiro atoms. The van der Waals surface area contributed by atoms with Crippen molar-refractivity contribution in [3.8, 4) is 0 Å². The number of piperidine rings is 1. The third-order valence-electron chi connectivity index (χ3n) is 4.71. The molecule has 0 bridgehead atoms. The SMILES string of the molecule is COCCC(=O)N1CCCC(c2nc(CCOCc3ccccc3)no2)C1. The average Bonchev–Trinajstić information content (AvgIpc) is 3.19. The molecule has 1 unspecified atom stereocenters. The van der Waals surface area contributed by atoms with Crippen LogP contribution >= 0.6 is 0 Å². The molecular weight excluding hydrogens is 346 g/mol. The van der Waals surface area contributed by atoms with E-state index in [1.807, 2.05) is 35.2 Å². The van der Waals surface area contributed by atoms with Crippen LogP contribution in [0.15, 0.2) is 34.9 Å². The van der Waals surface area contributed by atoms with E-state index in [0.717, 1.165) is 24.9 Å². The fourth-order valence-electron chi connectivity index (χ4n) is 3.22. The molecule has 146 valence electrons. The predicted molar refractivity (Wildman–Crippen MR) is 99.1 cm³/mol. The van der Waals surface area contributed by atoms with E-state index in [1.54, 1.807) is 7.11 Å². The van der Waals surface area contributed by atoms with Crippen molar-refractivity contribution in [2.24, 2.45) is 0 Å². The average molecular weight is 373 g/mol. The highest BCUT2D eigenvalue weighted by molar-refractivity contribution is 5.76. The maximum absolute atomic E-state index is 12.2. The lowest BCUT2D eigenvalue weighted by atomic mass is 9.97. The van der Waals surface area contributed by atoms with E-state index in [2.05, 4.69) is 10.1 Å². The number of carbonyl (C=O) groups is 1. The zero-order chi connectivity index (χ0) is 18.9. The number of amides is 1. The molecule has 1 amide bonds. The summed E-state index contributed by atoms with van der Waals surface area (Å²) in [4.78, 5) is 18.6. The number of hydrogen-bond donors (Lipinski definition) is 0. The molecule has 1 aromatic heterocycles. The van der Waals surface area contributed by atoms with Gasteiger partial charge in [-0.05, 0) is 18.4 Å². The fraction of sp³-hybridized carbons (Fsp3) is 0.550. The second-order valence-corrected chi connectivity index (χ2v) is 6.76. The van der Waals surface area contributed by atoms with E-state index in [0.29, 0.717) is 50.9 Å². The van der Waals surface area contributed by atoms with E-state index in [4.69, 9.17) is 14.0 Å². The van der Waals surface area contributed by atoms with Gasteiger partial charge in [-0.15, -0.1) is 0 Å². The van der Waals surface area contributed by atoms with E-state index < -0.39 is 0 Å². The molecule has 2 heterocycles. The van der Waals surface area contributed by atoms with Crippen molar-refractivity contribution in [3.05, 3.63) is 47.6 Å². The Kier molecular flexibility index (Phi) is 7.36. The number of methoxy groups -OCH3 is 1. The van der Waals surface area contributed by atoms with Crippen molar-refractivity contribution in [1.29, 1.82) is 0 Å². The molecule has 1 aliphatic heterocycles. The molecule has 3 rings (SSSR count). The van der Waals surface area contributed by atoms with Crippen molar-refractivity contribution >= 4 is 5.91 Å². The summed E-state index contributed by atoms with van der Waals surface area (Å²) in [6.07, 6.45) is 2.93. The molecule has 27 heavy (non-hydrogen) atoms. The van der Waals surface area contributed by atoms with Crippen LogP contribution in [0.1, 0.15) is 42.5 Å².